The van der Waals surface area contributed by atoms with Crippen LogP contribution in [0.3, 0.4) is 0 Å². The zero-order chi connectivity index (χ0) is 13.2. The molecule has 5 nitrogen and oxygen atoms in total. The minimum Gasteiger partial charge on any atom is -0.454 e. The van der Waals surface area contributed by atoms with Crippen molar-refractivity contribution in [2.45, 2.75) is 19.3 Å². The summed E-state index contributed by atoms with van der Waals surface area (Å²) in [7, 11) is 0. The SMILES string of the molecule is CC(C)(CNC(=O)CN)c1ccc2c(c1)OCO2.Cl. The van der Waals surface area contributed by atoms with Crippen molar-refractivity contribution >= 4 is 18.3 Å². The molecule has 3 N–H and O–H groups in total. The second-order valence-corrected chi connectivity index (χ2v) is 4.93. The molecule has 0 bridgehead atoms. The highest BCUT2D eigenvalue weighted by Gasteiger charge is 2.24. The normalized spacial score (nSPS) is 12.8. The first-order valence-electron chi connectivity index (χ1n) is 5.90. The molecule has 0 aliphatic carbocycles. The summed E-state index contributed by atoms with van der Waals surface area (Å²) in [5, 5.41) is 2.80. The number of nitrogens with two attached hydrogens (primary N) is 1. The molecule has 6 heteroatoms. The number of fused-ring (bicyclic) bond motifs is 1. The summed E-state index contributed by atoms with van der Waals surface area (Å²) in [4.78, 5) is 11.2. The van der Waals surface area contributed by atoms with E-state index in [0.717, 1.165) is 17.1 Å². The van der Waals surface area contributed by atoms with Gasteiger partial charge in [0, 0.05) is 12.0 Å². The predicted octanol–water partition coefficient (Wildman–Crippen LogP) is 1.19. The minimum absolute atomic E-state index is 0. The summed E-state index contributed by atoms with van der Waals surface area (Å²) in [6, 6.07) is 5.84. The predicted molar refractivity (Wildman–Crippen MR) is 74.9 cm³/mol. The van der Waals surface area contributed by atoms with E-state index in [1.54, 1.807) is 0 Å². The summed E-state index contributed by atoms with van der Waals surface area (Å²) < 4.78 is 10.6. The van der Waals surface area contributed by atoms with Gasteiger partial charge in [0.1, 0.15) is 0 Å². The third kappa shape index (κ3) is 3.52. The van der Waals surface area contributed by atoms with E-state index in [2.05, 4.69) is 19.2 Å². The number of hydrogen-bond acceptors (Lipinski definition) is 4. The van der Waals surface area contributed by atoms with Gasteiger partial charge in [0.2, 0.25) is 12.7 Å². The Morgan fingerprint density at radius 2 is 2.05 bits per heavy atom. The van der Waals surface area contributed by atoms with Gasteiger partial charge in [0.05, 0.1) is 6.54 Å². The van der Waals surface area contributed by atoms with Crippen molar-refractivity contribution in [1.82, 2.24) is 5.32 Å². The van der Waals surface area contributed by atoms with E-state index in [4.69, 9.17) is 15.2 Å². The number of carbonyl (C=O) groups is 1. The third-order valence-corrected chi connectivity index (χ3v) is 3.07. The summed E-state index contributed by atoms with van der Waals surface area (Å²) in [6.07, 6.45) is 0. The van der Waals surface area contributed by atoms with Gasteiger partial charge >= 0.3 is 0 Å². The Bertz CT molecular complexity index is 463. The van der Waals surface area contributed by atoms with Crippen LogP contribution in [0.1, 0.15) is 19.4 Å². The van der Waals surface area contributed by atoms with Gasteiger partial charge in [-0.05, 0) is 17.7 Å². The average Bonchev–Trinajstić information content (AvgIpc) is 2.83. The molecular formula is C13H19ClN2O3. The first-order chi connectivity index (χ1) is 8.53. The Morgan fingerprint density at radius 3 is 2.74 bits per heavy atom. The van der Waals surface area contributed by atoms with Crippen LogP contribution in [0.25, 0.3) is 0 Å². The maximum absolute atomic E-state index is 11.2. The molecule has 0 saturated heterocycles. The molecule has 0 atom stereocenters. The number of amides is 1. The Morgan fingerprint density at radius 1 is 1.37 bits per heavy atom. The molecule has 0 unspecified atom stereocenters. The highest BCUT2D eigenvalue weighted by atomic mass is 35.5. The summed E-state index contributed by atoms with van der Waals surface area (Å²) >= 11 is 0. The molecule has 1 heterocycles. The lowest BCUT2D eigenvalue weighted by molar-refractivity contribution is -0.119. The fourth-order valence-corrected chi connectivity index (χ4v) is 1.81. The van der Waals surface area contributed by atoms with E-state index in [1.807, 2.05) is 18.2 Å². The third-order valence-electron chi connectivity index (χ3n) is 3.07. The van der Waals surface area contributed by atoms with Gasteiger partial charge in [-0.15, -0.1) is 12.4 Å². The van der Waals surface area contributed by atoms with Crippen molar-refractivity contribution in [1.29, 1.82) is 0 Å². The molecule has 0 fully saturated rings. The number of benzene rings is 1. The van der Waals surface area contributed by atoms with Gasteiger partial charge < -0.3 is 20.5 Å². The van der Waals surface area contributed by atoms with Crippen molar-refractivity contribution in [3.63, 3.8) is 0 Å². The van der Waals surface area contributed by atoms with Crippen molar-refractivity contribution in [3.05, 3.63) is 23.8 Å². The van der Waals surface area contributed by atoms with Crippen LogP contribution in [0.5, 0.6) is 11.5 Å². The average molecular weight is 287 g/mol. The number of ether oxygens (including phenoxy) is 2. The lowest BCUT2D eigenvalue weighted by atomic mass is 9.84. The fourth-order valence-electron chi connectivity index (χ4n) is 1.81. The van der Waals surface area contributed by atoms with Crippen LogP contribution in [0.15, 0.2) is 18.2 Å². The van der Waals surface area contributed by atoms with Crippen molar-refractivity contribution in [3.8, 4) is 11.5 Å². The Kier molecular flexibility index (Phi) is 5.03. The second kappa shape index (κ2) is 6.12. The molecule has 1 amide bonds. The van der Waals surface area contributed by atoms with Gasteiger partial charge in [-0.25, -0.2) is 0 Å². The maximum atomic E-state index is 11.2. The molecular weight excluding hydrogens is 268 g/mol. The van der Waals surface area contributed by atoms with Gasteiger partial charge in [-0.1, -0.05) is 19.9 Å². The van der Waals surface area contributed by atoms with E-state index < -0.39 is 0 Å². The van der Waals surface area contributed by atoms with Crippen LogP contribution in [0, 0.1) is 0 Å². The molecule has 1 aromatic rings. The number of nitrogens with one attached hydrogen (secondary N) is 1. The van der Waals surface area contributed by atoms with Crippen LogP contribution < -0.4 is 20.5 Å². The molecule has 1 aliphatic rings. The summed E-state index contributed by atoms with van der Waals surface area (Å²) in [6.45, 7) is 4.92. The minimum atomic E-state index is -0.189. The van der Waals surface area contributed by atoms with Crippen LogP contribution in [-0.2, 0) is 10.2 Å². The van der Waals surface area contributed by atoms with E-state index in [-0.39, 0.29) is 37.1 Å². The molecule has 0 spiro atoms. The largest absolute Gasteiger partial charge is 0.454 e. The van der Waals surface area contributed by atoms with Gasteiger partial charge in [0.15, 0.2) is 11.5 Å². The molecule has 1 aliphatic heterocycles. The Labute approximate surface area is 118 Å². The number of carbonyl (C=O) groups excluding carboxylic acids is 1. The van der Waals surface area contributed by atoms with Crippen molar-refractivity contribution in [2.24, 2.45) is 5.73 Å². The van der Waals surface area contributed by atoms with E-state index >= 15 is 0 Å². The summed E-state index contributed by atoms with van der Waals surface area (Å²) in [5.41, 5.74) is 6.16. The van der Waals surface area contributed by atoms with Crippen LogP contribution in [0.2, 0.25) is 0 Å². The molecule has 0 aromatic heterocycles. The monoisotopic (exact) mass is 286 g/mol. The molecule has 2 rings (SSSR count). The molecule has 1 aromatic carbocycles. The smallest absolute Gasteiger partial charge is 0.233 e. The van der Waals surface area contributed by atoms with Crippen molar-refractivity contribution < 1.29 is 14.3 Å². The highest BCUT2D eigenvalue weighted by Crippen LogP contribution is 2.36. The molecule has 0 saturated carbocycles. The first-order valence-corrected chi connectivity index (χ1v) is 5.90. The second-order valence-electron chi connectivity index (χ2n) is 4.93. The Hall–Kier alpha value is -1.46. The maximum Gasteiger partial charge on any atom is 0.233 e. The highest BCUT2D eigenvalue weighted by molar-refractivity contribution is 5.85. The van der Waals surface area contributed by atoms with Crippen molar-refractivity contribution in [2.75, 3.05) is 19.9 Å². The van der Waals surface area contributed by atoms with Gasteiger partial charge in [-0.2, -0.15) is 0 Å². The number of hydrogen-bond donors (Lipinski definition) is 2. The zero-order valence-electron chi connectivity index (χ0n) is 11.1. The van der Waals surface area contributed by atoms with Crippen LogP contribution >= 0.6 is 12.4 Å². The molecule has 19 heavy (non-hydrogen) atoms. The molecule has 106 valence electrons. The fraction of sp³-hybridized carbons (Fsp3) is 0.462. The van der Waals surface area contributed by atoms with E-state index in [1.165, 1.54) is 0 Å². The van der Waals surface area contributed by atoms with Crippen LogP contribution in [0.4, 0.5) is 0 Å². The standard InChI is InChI=1S/C13H18N2O3.ClH/c1-13(2,7-15-12(16)6-14)9-3-4-10-11(5-9)18-8-17-10;/h3-5H,6-8,14H2,1-2H3,(H,15,16);1H. The lowest BCUT2D eigenvalue weighted by Gasteiger charge is -2.25. The summed E-state index contributed by atoms with van der Waals surface area (Å²) in [5.74, 6) is 1.37. The number of halogens is 1. The van der Waals surface area contributed by atoms with Gasteiger partial charge in [0.25, 0.3) is 0 Å². The van der Waals surface area contributed by atoms with E-state index in [9.17, 15) is 4.79 Å². The lowest BCUT2D eigenvalue weighted by Crippen LogP contribution is -2.39. The quantitative estimate of drug-likeness (QED) is 0.872. The number of rotatable bonds is 4. The topological polar surface area (TPSA) is 73.6 Å². The zero-order valence-corrected chi connectivity index (χ0v) is 11.9. The molecule has 0 radical (unpaired) electrons. The van der Waals surface area contributed by atoms with Crippen LogP contribution in [-0.4, -0.2) is 25.8 Å². The Balaban J connectivity index is 0.00000180. The van der Waals surface area contributed by atoms with E-state index in [0.29, 0.717) is 6.54 Å². The van der Waals surface area contributed by atoms with Gasteiger partial charge in [-0.3, -0.25) is 4.79 Å². The first kappa shape index (κ1) is 15.6.